The summed E-state index contributed by atoms with van der Waals surface area (Å²) in [6.45, 7) is 0.737. The molecule has 1 aromatic rings. The van der Waals surface area contributed by atoms with E-state index < -0.39 is 5.97 Å². The lowest BCUT2D eigenvalue weighted by atomic mass is 9.97. The number of carbonyl (C=O) groups excluding carboxylic acids is 1. The first kappa shape index (κ1) is 14.6. The summed E-state index contributed by atoms with van der Waals surface area (Å²) < 4.78 is 1.70. The summed E-state index contributed by atoms with van der Waals surface area (Å²) >= 11 is 0. The number of carboxylic acids is 1. The lowest BCUT2D eigenvalue weighted by molar-refractivity contribution is -0.139. The first-order valence-electron chi connectivity index (χ1n) is 7.06. The average molecular weight is 279 g/mol. The Labute approximate surface area is 118 Å². The number of aliphatic carboxylic acids is 1. The van der Waals surface area contributed by atoms with E-state index in [0.717, 1.165) is 31.5 Å². The zero-order valence-corrected chi connectivity index (χ0v) is 11.8. The van der Waals surface area contributed by atoms with Crippen LogP contribution in [-0.4, -0.2) is 44.3 Å². The van der Waals surface area contributed by atoms with Crippen LogP contribution in [0.5, 0.6) is 0 Å². The summed E-state index contributed by atoms with van der Waals surface area (Å²) in [4.78, 5) is 25.0. The Balaban J connectivity index is 1.98. The predicted molar refractivity (Wildman–Crippen MR) is 73.1 cm³/mol. The third kappa shape index (κ3) is 3.59. The fourth-order valence-electron chi connectivity index (χ4n) is 2.75. The highest BCUT2D eigenvalue weighted by Crippen LogP contribution is 2.22. The second kappa shape index (κ2) is 6.54. The van der Waals surface area contributed by atoms with Crippen LogP contribution in [0.4, 0.5) is 0 Å². The molecule has 1 atom stereocenters. The first-order chi connectivity index (χ1) is 9.58. The van der Waals surface area contributed by atoms with Crippen LogP contribution in [0.3, 0.4) is 0 Å². The van der Waals surface area contributed by atoms with Crippen LogP contribution >= 0.6 is 0 Å². The smallest absolute Gasteiger partial charge is 0.303 e. The van der Waals surface area contributed by atoms with Crippen molar-refractivity contribution in [3.05, 3.63) is 18.0 Å². The molecule has 0 aliphatic carbocycles. The molecule has 0 spiro atoms. The molecule has 0 radical (unpaired) electrons. The number of rotatable bonds is 5. The number of piperidine rings is 1. The first-order valence-corrected chi connectivity index (χ1v) is 7.06. The number of carboxylic acid groups (broad SMARTS) is 1. The normalized spacial score (nSPS) is 19.1. The lowest BCUT2D eigenvalue weighted by Crippen LogP contribution is -2.44. The van der Waals surface area contributed by atoms with E-state index in [4.69, 9.17) is 5.11 Å². The second-order valence-corrected chi connectivity index (χ2v) is 5.29. The van der Waals surface area contributed by atoms with E-state index in [2.05, 4.69) is 5.10 Å². The van der Waals surface area contributed by atoms with Crippen LogP contribution in [0.2, 0.25) is 0 Å². The van der Waals surface area contributed by atoms with Gasteiger partial charge in [0.15, 0.2) is 0 Å². The molecule has 6 heteroatoms. The highest BCUT2D eigenvalue weighted by molar-refractivity contribution is 5.79. The van der Waals surface area contributed by atoms with Crippen LogP contribution in [0.1, 0.15) is 37.8 Å². The number of aromatic nitrogens is 2. The van der Waals surface area contributed by atoms with E-state index >= 15 is 0 Å². The van der Waals surface area contributed by atoms with Gasteiger partial charge >= 0.3 is 5.97 Å². The Kier molecular flexibility index (Phi) is 4.76. The highest BCUT2D eigenvalue weighted by Gasteiger charge is 2.27. The summed E-state index contributed by atoms with van der Waals surface area (Å²) in [5.41, 5.74) is 0.887. The van der Waals surface area contributed by atoms with Gasteiger partial charge in [-0.3, -0.25) is 14.3 Å². The zero-order chi connectivity index (χ0) is 14.5. The third-order valence-corrected chi connectivity index (χ3v) is 3.89. The number of nitrogens with zero attached hydrogens (tertiary/aromatic N) is 3. The fourth-order valence-corrected chi connectivity index (χ4v) is 2.75. The second-order valence-electron chi connectivity index (χ2n) is 5.29. The van der Waals surface area contributed by atoms with Crippen molar-refractivity contribution in [1.29, 1.82) is 0 Å². The van der Waals surface area contributed by atoms with Crippen molar-refractivity contribution in [1.82, 2.24) is 14.7 Å². The molecular formula is C14H21N3O3. The number of carbonyl (C=O) groups is 2. The van der Waals surface area contributed by atoms with Crippen molar-refractivity contribution >= 4 is 11.9 Å². The van der Waals surface area contributed by atoms with Crippen LogP contribution < -0.4 is 0 Å². The maximum absolute atomic E-state index is 12.4. The van der Waals surface area contributed by atoms with Gasteiger partial charge in [0.25, 0.3) is 0 Å². The van der Waals surface area contributed by atoms with E-state index in [1.807, 2.05) is 18.0 Å². The Morgan fingerprint density at radius 1 is 1.45 bits per heavy atom. The van der Waals surface area contributed by atoms with Gasteiger partial charge < -0.3 is 10.0 Å². The minimum atomic E-state index is -0.797. The third-order valence-electron chi connectivity index (χ3n) is 3.89. The molecule has 6 nitrogen and oxygen atoms in total. The summed E-state index contributed by atoms with van der Waals surface area (Å²) in [6, 6.07) is 1.91. The molecule has 1 saturated heterocycles. The van der Waals surface area contributed by atoms with Crippen molar-refractivity contribution in [2.45, 2.75) is 44.6 Å². The lowest BCUT2D eigenvalue weighted by Gasteiger charge is -2.35. The molecule has 1 unspecified atom stereocenters. The molecule has 1 aliphatic rings. The van der Waals surface area contributed by atoms with Crippen LogP contribution in [0.15, 0.2) is 12.3 Å². The van der Waals surface area contributed by atoms with E-state index in [0.29, 0.717) is 12.8 Å². The molecule has 0 aromatic carbocycles. The monoisotopic (exact) mass is 279 g/mol. The molecule has 1 amide bonds. The van der Waals surface area contributed by atoms with E-state index in [-0.39, 0.29) is 18.4 Å². The number of hydrogen-bond acceptors (Lipinski definition) is 3. The topological polar surface area (TPSA) is 75.4 Å². The van der Waals surface area contributed by atoms with E-state index in [9.17, 15) is 9.59 Å². The van der Waals surface area contributed by atoms with E-state index in [1.54, 1.807) is 10.9 Å². The van der Waals surface area contributed by atoms with Crippen molar-refractivity contribution in [3.8, 4) is 0 Å². The van der Waals surface area contributed by atoms with Crippen LogP contribution in [-0.2, 0) is 23.1 Å². The van der Waals surface area contributed by atoms with Gasteiger partial charge in [0, 0.05) is 37.9 Å². The number of likely N-dealkylation sites (tertiary alicyclic amines) is 1. The molecule has 1 aliphatic heterocycles. The van der Waals surface area contributed by atoms with Crippen molar-refractivity contribution < 1.29 is 14.7 Å². The standard InChI is InChI=1S/C14H21N3O3/c1-16-12(7-8-15-16)10-13(18)17-9-3-2-4-11(17)5-6-14(19)20/h7-8,11H,2-6,9-10H2,1H3,(H,19,20). The summed E-state index contributed by atoms with van der Waals surface area (Å²) in [7, 11) is 1.82. The quantitative estimate of drug-likeness (QED) is 0.879. The van der Waals surface area contributed by atoms with Gasteiger partial charge in [0.1, 0.15) is 0 Å². The number of aryl methyl sites for hydroxylation is 1. The van der Waals surface area contributed by atoms with Gasteiger partial charge in [-0.1, -0.05) is 0 Å². The van der Waals surface area contributed by atoms with Crippen molar-refractivity contribution in [3.63, 3.8) is 0 Å². The molecular weight excluding hydrogens is 258 g/mol. The summed E-state index contributed by atoms with van der Waals surface area (Å²) in [5.74, 6) is -0.724. The average Bonchev–Trinajstić information content (AvgIpc) is 2.82. The Morgan fingerprint density at radius 3 is 2.90 bits per heavy atom. The Hall–Kier alpha value is -1.85. The van der Waals surface area contributed by atoms with Gasteiger partial charge in [-0.15, -0.1) is 0 Å². The Morgan fingerprint density at radius 2 is 2.25 bits per heavy atom. The predicted octanol–water partition coefficient (Wildman–Crippen LogP) is 1.21. The molecule has 1 aromatic heterocycles. The van der Waals surface area contributed by atoms with E-state index in [1.165, 1.54) is 0 Å². The molecule has 110 valence electrons. The molecule has 0 saturated carbocycles. The van der Waals surface area contributed by atoms with Crippen LogP contribution in [0.25, 0.3) is 0 Å². The molecule has 20 heavy (non-hydrogen) atoms. The van der Waals surface area contributed by atoms with Crippen molar-refractivity contribution in [2.75, 3.05) is 6.54 Å². The van der Waals surface area contributed by atoms with Gasteiger partial charge in [0.2, 0.25) is 5.91 Å². The zero-order valence-electron chi connectivity index (χ0n) is 11.8. The number of hydrogen-bond donors (Lipinski definition) is 1. The largest absolute Gasteiger partial charge is 0.481 e. The fraction of sp³-hybridized carbons (Fsp3) is 0.643. The minimum absolute atomic E-state index is 0.0700. The molecule has 2 rings (SSSR count). The maximum Gasteiger partial charge on any atom is 0.303 e. The van der Waals surface area contributed by atoms with Crippen molar-refractivity contribution in [2.24, 2.45) is 7.05 Å². The Bertz CT molecular complexity index is 484. The molecule has 0 bridgehead atoms. The summed E-state index contributed by atoms with van der Waals surface area (Å²) in [6.07, 6.45) is 5.66. The number of amides is 1. The van der Waals surface area contributed by atoms with Gasteiger partial charge in [0.05, 0.1) is 6.42 Å². The molecule has 1 N–H and O–H groups in total. The van der Waals surface area contributed by atoms with Gasteiger partial charge in [-0.2, -0.15) is 5.10 Å². The SMILES string of the molecule is Cn1nccc1CC(=O)N1CCCCC1CCC(=O)O. The minimum Gasteiger partial charge on any atom is -0.481 e. The van der Waals surface area contributed by atoms with Crippen LogP contribution in [0, 0.1) is 0 Å². The molecule has 2 heterocycles. The van der Waals surface area contributed by atoms with Gasteiger partial charge in [-0.25, -0.2) is 0 Å². The molecule has 1 fully saturated rings. The highest BCUT2D eigenvalue weighted by atomic mass is 16.4. The summed E-state index contributed by atoms with van der Waals surface area (Å²) in [5, 5.41) is 12.9. The maximum atomic E-state index is 12.4. The van der Waals surface area contributed by atoms with Gasteiger partial charge in [-0.05, 0) is 31.7 Å².